The highest BCUT2D eigenvalue weighted by Crippen LogP contribution is 2.43. The predicted octanol–water partition coefficient (Wildman–Crippen LogP) is 0.879. The molecule has 1 N–H and O–H groups in total. The molecular weight excluding hydrogens is 180 g/mol. The molecule has 1 aromatic rings. The topological polar surface area (TPSA) is 55.1 Å². The van der Waals surface area contributed by atoms with Gasteiger partial charge in [0.15, 0.2) is 0 Å². The number of nitrogens with zero attached hydrogens (tertiary/aromatic N) is 2. The monoisotopic (exact) mass is 188 g/mol. The second-order valence-corrected chi connectivity index (χ2v) is 2.81. The van der Waals surface area contributed by atoms with Crippen molar-refractivity contribution in [1.82, 2.24) is 9.55 Å². The van der Waals surface area contributed by atoms with E-state index in [1.165, 1.54) is 0 Å². The first-order valence-electron chi connectivity index (χ1n) is 3.47. The summed E-state index contributed by atoms with van der Waals surface area (Å²) in [6, 6.07) is 0. The van der Waals surface area contributed by atoms with Crippen LogP contribution in [0.1, 0.15) is 12.8 Å². The Bertz CT molecular complexity index is 280. The summed E-state index contributed by atoms with van der Waals surface area (Å²) in [4.78, 5) is 14.5. The van der Waals surface area contributed by atoms with Crippen LogP contribution in [0.4, 0.5) is 0 Å². The van der Waals surface area contributed by atoms with Gasteiger partial charge in [0.2, 0.25) is 0 Å². The summed E-state index contributed by atoms with van der Waals surface area (Å²) in [5, 5.41) is 8.83. The fourth-order valence-electron chi connectivity index (χ4n) is 1.21. The van der Waals surface area contributed by atoms with E-state index in [1.807, 2.05) is 0 Å². The van der Waals surface area contributed by atoms with Crippen molar-refractivity contribution in [2.24, 2.45) is 0 Å². The number of carboxylic acids is 1. The highest BCUT2D eigenvalue weighted by atomic mass is 35.5. The number of rotatable bonds is 2. The normalized spacial score (nSPS) is 18.0. The fraction of sp³-hybridized carbons (Fsp3) is 0.429. The Kier molecular flexibility index (Phi) is 2.10. The molecule has 0 aromatic carbocycles. The average Bonchev–Trinajstić information content (AvgIpc) is 2.61. The lowest BCUT2D eigenvalue weighted by molar-refractivity contribution is -0.142. The standard InChI is InChI=1S/C7H8N2O2.ClH/c10-6(11)7(1-2-7)9-4-3-8-5-9;/h3-5H,1-2H2,(H,10,11);1H. The summed E-state index contributed by atoms with van der Waals surface area (Å²) in [5.74, 6) is -0.754. The van der Waals surface area contributed by atoms with E-state index < -0.39 is 11.5 Å². The zero-order chi connectivity index (χ0) is 7.90. The van der Waals surface area contributed by atoms with Gasteiger partial charge in [-0.25, -0.2) is 9.78 Å². The van der Waals surface area contributed by atoms with E-state index >= 15 is 0 Å². The van der Waals surface area contributed by atoms with E-state index in [0.717, 1.165) is 12.8 Å². The molecule has 0 radical (unpaired) electrons. The molecule has 0 bridgehead atoms. The molecule has 1 aromatic heterocycles. The van der Waals surface area contributed by atoms with Crippen LogP contribution in [0.15, 0.2) is 18.7 Å². The summed E-state index contributed by atoms with van der Waals surface area (Å²) >= 11 is 0. The molecule has 1 aliphatic rings. The summed E-state index contributed by atoms with van der Waals surface area (Å²) in [7, 11) is 0. The third-order valence-electron chi connectivity index (χ3n) is 2.12. The van der Waals surface area contributed by atoms with Crippen molar-refractivity contribution in [3.8, 4) is 0 Å². The van der Waals surface area contributed by atoms with Gasteiger partial charge in [0.25, 0.3) is 0 Å². The van der Waals surface area contributed by atoms with Crippen molar-refractivity contribution in [3.05, 3.63) is 18.7 Å². The molecule has 0 unspecified atom stereocenters. The van der Waals surface area contributed by atoms with Crippen LogP contribution in [-0.4, -0.2) is 20.6 Å². The van der Waals surface area contributed by atoms with Crippen molar-refractivity contribution >= 4 is 18.4 Å². The molecule has 1 heterocycles. The van der Waals surface area contributed by atoms with Gasteiger partial charge in [-0.05, 0) is 12.8 Å². The minimum atomic E-state index is -0.754. The van der Waals surface area contributed by atoms with Gasteiger partial charge in [0.05, 0.1) is 6.33 Å². The first kappa shape index (κ1) is 9.06. The Hall–Kier alpha value is -1.03. The van der Waals surface area contributed by atoms with Crippen molar-refractivity contribution in [2.45, 2.75) is 18.4 Å². The number of aromatic nitrogens is 2. The van der Waals surface area contributed by atoms with Crippen molar-refractivity contribution in [2.75, 3.05) is 0 Å². The van der Waals surface area contributed by atoms with Gasteiger partial charge in [0, 0.05) is 12.4 Å². The minimum Gasteiger partial charge on any atom is -0.479 e. The maximum atomic E-state index is 10.7. The number of hydrogen-bond acceptors (Lipinski definition) is 2. The summed E-state index contributed by atoms with van der Waals surface area (Å²) in [6.07, 6.45) is 6.29. The lowest BCUT2D eigenvalue weighted by Gasteiger charge is -2.09. The highest BCUT2D eigenvalue weighted by molar-refractivity contribution is 5.85. The molecular formula is C7H9ClN2O2. The van der Waals surface area contributed by atoms with Gasteiger partial charge in [0.1, 0.15) is 5.54 Å². The van der Waals surface area contributed by atoms with Crippen molar-refractivity contribution < 1.29 is 9.90 Å². The molecule has 1 aliphatic carbocycles. The van der Waals surface area contributed by atoms with Crippen LogP contribution in [0.25, 0.3) is 0 Å². The lowest BCUT2D eigenvalue weighted by atomic mass is 10.3. The van der Waals surface area contributed by atoms with Crippen LogP contribution in [0.5, 0.6) is 0 Å². The molecule has 2 rings (SSSR count). The van der Waals surface area contributed by atoms with Crippen LogP contribution in [0, 0.1) is 0 Å². The summed E-state index contributed by atoms with van der Waals surface area (Å²) < 4.78 is 1.66. The first-order chi connectivity index (χ1) is 5.26. The van der Waals surface area contributed by atoms with Crippen LogP contribution in [0.2, 0.25) is 0 Å². The van der Waals surface area contributed by atoms with Crippen molar-refractivity contribution in [1.29, 1.82) is 0 Å². The summed E-state index contributed by atoms with van der Waals surface area (Å²) in [6.45, 7) is 0. The molecule has 1 saturated carbocycles. The highest BCUT2D eigenvalue weighted by Gasteiger charge is 2.51. The van der Waals surface area contributed by atoms with Crippen LogP contribution in [0.3, 0.4) is 0 Å². The van der Waals surface area contributed by atoms with Gasteiger partial charge < -0.3 is 9.67 Å². The first-order valence-corrected chi connectivity index (χ1v) is 3.47. The second-order valence-electron chi connectivity index (χ2n) is 2.81. The zero-order valence-electron chi connectivity index (χ0n) is 6.30. The van der Waals surface area contributed by atoms with E-state index in [4.69, 9.17) is 5.11 Å². The Balaban J connectivity index is 0.000000720. The van der Waals surface area contributed by atoms with Crippen molar-refractivity contribution in [3.63, 3.8) is 0 Å². The van der Waals surface area contributed by atoms with E-state index in [1.54, 1.807) is 23.3 Å². The number of imidazole rings is 1. The van der Waals surface area contributed by atoms with E-state index in [0.29, 0.717) is 0 Å². The molecule has 0 spiro atoms. The number of carbonyl (C=O) groups is 1. The lowest BCUT2D eigenvalue weighted by Crippen LogP contribution is -2.25. The molecule has 1 fully saturated rings. The van der Waals surface area contributed by atoms with Crippen LogP contribution >= 0.6 is 12.4 Å². The summed E-state index contributed by atoms with van der Waals surface area (Å²) in [5.41, 5.74) is -0.656. The fourth-order valence-corrected chi connectivity index (χ4v) is 1.21. The number of halogens is 1. The molecule has 66 valence electrons. The predicted molar refractivity (Wildman–Crippen MR) is 44.3 cm³/mol. The smallest absolute Gasteiger partial charge is 0.329 e. The van der Waals surface area contributed by atoms with Gasteiger partial charge in [-0.15, -0.1) is 12.4 Å². The quantitative estimate of drug-likeness (QED) is 0.750. The molecule has 0 aliphatic heterocycles. The minimum absolute atomic E-state index is 0. The van der Waals surface area contributed by atoms with Gasteiger partial charge in [-0.1, -0.05) is 0 Å². The Morgan fingerprint density at radius 1 is 1.58 bits per heavy atom. The Labute approximate surface area is 75.6 Å². The zero-order valence-corrected chi connectivity index (χ0v) is 7.12. The van der Waals surface area contributed by atoms with E-state index in [-0.39, 0.29) is 12.4 Å². The van der Waals surface area contributed by atoms with Crippen LogP contribution in [-0.2, 0) is 10.3 Å². The SMILES string of the molecule is Cl.O=C(O)C1(n2ccnc2)CC1. The number of aliphatic carboxylic acids is 1. The maximum Gasteiger partial charge on any atom is 0.329 e. The average molecular weight is 189 g/mol. The van der Waals surface area contributed by atoms with Crippen LogP contribution < -0.4 is 0 Å². The molecule has 0 atom stereocenters. The Morgan fingerprint density at radius 2 is 2.25 bits per heavy atom. The third kappa shape index (κ3) is 1.08. The van der Waals surface area contributed by atoms with Gasteiger partial charge >= 0.3 is 5.97 Å². The van der Waals surface area contributed by atoms with E-state index in [9.17, 15) is 4.79 Å². The molecule has 0 saturated heterocycles. The Morgan fingerprint density at radius 3 is 2.58 bits per heavy atom. The maximum absolute atomic E-state index is 10.7. The molecule has 5 heteroatoms. The number of hydrogen-bond donors (Lipinski definition) is 1. The second kappa shape index (κ2) is 2.79. The molecule has 0 amide bonds. The van der Waals surface area contributed by atoms with E-state index in [2.05, 4.69) is 4.98 Å². The van der Waals surface area contributed by atoms with Gasteiger partial charge in [-0.2, -0.15) is 0 Å². The molecule has 12 heavy (non-hydrogen) atoms. The van der Waals surface area contributed by atoms with Gasteiger partial charge in [-0.3, -0.25) is 0 Å². The largest absolute Gasteiger partial charge is 0.479 e. The third-order valence-corrected chi connectivity index (χ3v) is 2.12. The number of carboxylic acid groups (broad SMARTS) is 1. The molecule has 4 nitrogen and oxygen atoms in total.